The van der Waals surface area contributed by atoms with E-state index in [-0.39, 0.29) is 17.8 Å². The fourth-order valence-corrected chi connectivity index (χ4v) is 5.79. The maximum atomic E-state index is 12.7. The first-order valence-electron chi connectivity index (χ1n) is 13.3. The molecular weight excluding hydrogens is 565 g/mol. The Kier molecular flexibility index (Phi) is 8.53. The van der Waals surface area contributed by atoms with Crippen LogP contribution in [-0.2, 0) is 6.42 Å². The number of halogens is 3. The smallest absolute Gasteiger partial charge is 0.406 e. The Hall–Kier alpha value is -4.32. The van der Waals surface area contributed by atoms with Crippen LogP contribution in [0.3, 0.4) is 0 Å². The third kappa shape index (κ3) is 6.93. The molecule has 0 bridgehead atoms. The molecule has 3 aromatic carbocycles. The van der Waals surface area contributed by atoms with Crippen LogP contribution in [0.4, 0.5) is 23.7 Å². The van der Waals surface area contributed by atoms with Crippen LogP contribution >= 0.6 is 11.8 Å². The van der Waals surface area contributed by atoms with Gasteiger partial charge < -0.3 is 15.0 Å². The van der Waals surface area contributed by atoms with Crippen LogP contribution in [0.1, 0.15) is 23.6 Å². The number of hydrogen-bond acceptors (Lipinski definition) is 5. The average molecular weight is 595 g/mol. The van der Waals surface area contributed by atoms with Gasteiger partial charge in [0.2, 0.25) is 0 Å². The van der Waals surface area contributed by atoms with Crippen molar-refractivity contribution in [3.8, 4) is 22.8 Å². The zero-order valence-electron chi connectivity index (χ0n) is 23.2. The molecule has 1 unspecified atom stereocenters. The summed E-state index contributed by atoms with van der Waals surface area (Å²) in [5.74, 6) is 1.03. The van der Waals surface area contributed by atoms with E-state index in [2.05, 4.69) is 62.9 Å². The number of nitrogens with one attached hydrogen (secondary N) is 1. The van der Waals surface area contributed by atoms with Gasteiger partial charge in [0.15, 0.2) is 11.0 Å². The molecule has 8 nitrogen and oxygen atoms in total. The Balaban J connectivity index is 1.16. The normalized spacial score (nSPS) is 16.2. The Morgan fingerprint density at radius 2 is 1.76 bits per heavy atom. The molecule has 0 radical (unpaired) electrons. The van der Waals surface area contributed by atoms with Crippen LogP contribution in [0, 0.1) is 13.8 Å². The average Bonchev–Trinajstić information content (AvgIpc) is 3.56. The number of carbonyl (C=O) groups excluding carboxylic acids is 1. The molecule has 0 aliphatic carbocycles. The number of anilines is 1. The quantitative estimate of drug-likeness (QED) is 0.256. The SMILES string of the molecule is Cc1cccc(C)c1N1C(=NC(=O)NCCc2ccc(-c3ncn(-c4ccc(OC(F)(F)F)cc4)n3)cc2)SCC1C. The minimum absolute atomic E-state index is 0.235. The standard InChI is InChI=1S/C30H29F3N6O2S/c1-19-5-4-6-20(2)26(19)39-21(3)17-42-29(39)36-28(40)34-16-15-22-7-9-23(10-8-22)27-35-18-38(37-27)24-11-13-25(14-12-24)41-30(31,32)33/h4-14,18,21H,15-17H2,1-3H3,(H,34,40). The second kappa shape index (κ2) is 12.3. The summed E-state index contributed by atoms with van der Waals surface area (Å²) in [6, 6.07) is 19.1. The Morgan fingerprint density at radius 3 is 2.43 bits per heavy atom. The molecule has 218 valence electrons. The number of hydrogen-bond donors (Lipinski definition) is 1. The molecule has 2 amide bonds. The maximum Gasteiger partial charge on any atom is 0.573 e. The van der Waals surface area contributed by atoms with E-state index in [1.54, 1.807) is 11.8 Å². The molecule has 1 fully saturated rings. The Bertz CT molecular complexity index is 1570. The van der Waals surface area contributed by atoms with Crippen LogP contribution in [0.5, 0.6) is 5.75 Å². The van der Waals surface area contributed by atoms with Crippen LogP contribution in [-0.4, -0.2) is 50.7 Å². The fraction of sp³-hybridized carbons (Fsp3) is 0.267. The lowest BCUT2D eigenvalue weighted by Gasteiger charge is -2.26. The second-order valence-corrected chi connectivity index (χ2v) is 10.9. The van der Waals surface area contributed by atoms with E-state index in [9.17, 15) is 18.0 Å². The number of amidine groups is 1. The lowest BCUT2D eigenvalue weighted by molar-refractivity contribution is -0.274. The van der Waals surface area contributed by atoms with Crippen molar-refractivity contribution in [2.24, 2.45) is 4.99 Å². The van der Waals surface area contributed by atoms with Gasteiger partial charge in [0.25, 0.3) is 0 Å². The van der Waals surface area contributed by atoms with Gasteiger partial charge >= 0.3 is 12.4 Å². The first-order chi connectivity index (χ1) is 20.1. The molecule has 0 saturated carbocycles. The van der Waals surface area contributed by atoms with Crippen molar-refractivity contribution < 1.29 is 22.7 Å². The van der Waals surface area contributed by atoms with E-state index >= 15 is 0 Å². The molecule has 12 heteroatoms. The molecule has 42 heavy (non-hydrogen) atoms. The van der Waals surface area contributed by atoms with Gasteiger partial charge in [-0.25, -0.2) is 14.5 Å². The summed E-state index contributed by atoms with van der Waals surface area (Å²) in [6.45, 7) is 6.71. The Labute approximate surface area is 245 Å². The number of alkyl halides is 3. The lowest BCUT2D eigenvalue weighted by Crippen LogP contribution is -2.34. The zero-order chi connectivity index (χ0) is 29.9. The van der Waals surface area contributed by atoms with Crippen LogP contribution < -0.4 is 15.0 Å². The van der Waals surface area contributed by atoms with E-state index in [1.807, 2.05) is 30.3 Å². The van der Waals surface area contributed by atoms with Crippen molar-refractivity contribution in [3.05, 3.63) is 89.7 Å². The van der Waals surface area contributed by atoms with Gasteiger partial charge in [0, 0.05) is 29.6 Å². The van der Waals surface area contributed by atoms with Gasteiger partial charge in [-0.15, -0.1) is 18.3 Å². The summed E-state index contributed by atoms with van der Waals surface area (Å²) in [4.78, 5) is 23.5. The highest BCUT2D eigenvalue weighted by molar-refractivity contribution is 8.14. The summed E-state index contributed by atoms with van der Waals surface area (Å²) in [5.41, 5.74) is 5.75. The summed E-state index contributed by atoms with van der Waals surface area (Å²) in [5, 5.41) is 8.03. The van der Waals surface area contributed by atoms with Crippen molar-refractivity contribution in [1.29, 1.82) is 0 Å². The van der Waals surface area contributed by atoms with Crippen molar-refractivity contribution in [1.82, 2.24) is 20.1 Å². The monoisotopic (exact) mass is 594 g/mol. The van der Waals surface area contributed by atoms with Gasteiger partial charge in [0.1, 0.15) is 12.1 Å². The van der Waals surface area contributed by atoms with E-state index in [4.69, 9.17) is 0 Å². The minimum atomic E-state index is -4.75. The molecule has 2 heterocycles. The molecule has 1 N–H and O–H groups in total. The minimum Gasteiger partial charge on any atom is -0.406 e. The van der Waals surface area contributed by atoms with Crippen molar-refractivity contribution in [3.63, 3.8) is 0 Å². The third-order valence-electron chi connectivity index (χ3n) is 6.71. The molecule has 1 aromatic heterocycles. The molecule has 1 saturated heterocycles. The fourth-order valence-electron chi connectivity index (χ4n) is 4.70. The highest BCUT2D eigenvalue weighted by atomic mass is 32.2. The van der Waals surface area contributed by atoms with E-state index < -0.39 is 6.36 Å². The number of urea groups is 1. The predicted molar refractivity (Wildman–Crippen MR) is 158 cm³/mol. The number of thioether (sulfide) groups is 1. The predicted octanol–water partition coefficient (Wildman–Crippen LogP) is 6.70. The van der Waals surface area contributed by atoms with Gasteiger partial charge in [-0.3, -0.25) is 0 Å². The molecule has 5 rings (SSSR count). The van der Waals surface area contributed by atoms with Gasteiger partial charge in [-0.05, 0) is 68.1 Å². The van der Waals surface area contributed by atoms with Crippen molar-refractivity contribution >= 4 is 28.6 Å². The van der Waals surface area contributed by atoms with Gasteiger partial charge in [-0.1, -0.05) is 54.2 Å². The summed E-state index contributed by atoms with van der Waals surface area (Å²) in [6.07, 6.45) is -2.63. The van der Waals surface area contributed by atoms with E-state index in [1.165, 1.54) is 35.3 Å². The van der Waals surface area contributed by atoms with Crippen LogP contribution in [0.15, 0.2) is 78.0 Å². The van der Waals surface area contributed by atoms with Crippen molar-refractivity contribution in [2.75, 3.05) is 17.2 Å². The number of para-hydroxylation sites is 1. The highest BCUT2D eigenvalue weighted by Crippen LogP contribution is 2.34. The van der Waals surface area contributed by atoms with Gasteiger partial charge in [-0.2, -0.15) is 4.99 Å². The topological polar surface area (TPSA) is 84.6 Å². The number of ether oxygens (including phenoxy) is 1. The molecule has 1 aliphatic rings. The number of aliphatic imine (C=N–C) groups is 1. The van der Waals surface area contributed by atoms with E-state index in [0.29, 0.717) is 29.6 Å². The van der Waals surface area contributed by atoms with Gasteiger partial charge in [0.05, 0.1) is 5.69 Å². The lowest BCUT2D eigenvalue weighted by atomic mass is 10.1. The number of carbonyl (C=O) groups is 1. The number of benzene rings is 3. The zero-order valence-corrected chi connectivity index (χ0v) is 24.0. The van der Waals surface area contributed by atoms with E-state index in [0.717, 1.165) is 33.7 Å². The number of aryl methyl sites for hydroxylation is 2. The third-order valence-corrected chi connectivity index (χ3v) is 7.90. The van der Waals surface area contributed by atoms with Crippen LogP contribution in [0.25, 0.3) is 17.1 Å². The molecule has 4 aromatic rings. The summed E-state index contributed by atoms with van der Waals surface area (Å²) in [7, 11) is 0. The van der Waals surface area contributed by atoms with Crippen molar-refractivity contribution in [2.45, 2.75) is 39.6 Å². The Morgan fingerprint density at radius 1 is 1.07 bits per heavy atom. The first-order valence-corrected chi connectivity index (χ1v) is 14.3. The second-order valence-electron chi connectivity index (χ2n) is 9.90. The summed E-state index contributed by atoms with van der Waals surface area (Å²) >= 11 is 1.59. The number of aromatic nitrogens is 3. The number of amides is 2. The summed E-state index contributed by atoms with van der Waals surface area (Å²) < 4.78 is 42.5. The number of nitrogens with zero attached hydrogens (tertiary/aromatic N) is 5. The highest BCUT2D eigenvalue weighted by Gasteiger charge is 2.31. The molecule has 1 atom stereocenters. The maximum absolute atomic E-state index is 12.7. The molecule has 1 aliphatic heterocycles. The van der Waals surface area contributed by atoms with Crippen LogP contribution in [0.2, 0.25) is 0 Å². The largest absolute Gasteiger partial charge is 0.573 e. The molecular formula is C30H29F3N6O2S. The number of rotatable bonds is 7. The molecule has 0 spiro atoms. The first kappa shape index (κ1) is 29.2.